The van der Waals surface area contributed by atoms with Crippen LogP contribution >= 0.6 is 0 Å². The number of β-amino-alcohol motifs (C(OH)–C–C–N with tert-alkyl or cyclic N) is 1. The van der Waals surface area contributed by atoms with Crippen LogP contribution in [0.3, 0.4) is 0 Å². The van der Waals surface area contributed by atoms with Gasteiger partial charge in [-0.3, -0.25) is 0 Å². The smallest absolute Gasteiger partial charge is 0.125 e. The van der Waals surface area contributed by atoms with Crippen LogP contribution in [0.2, 0.25) is 0 Å². The molecule has 2 heterocycles. The number of ether oxygens (including phenoxy) is 2. The Labute approximate surface area is 160 Å². The second-order valence-electron chi connectivity index (χ2n) is 7.64. The average molecular weight is 369 g/mol. The molecule has 0 bridgehead atoms. The van der Waals surface area contributed by atoms with Crippen LogP contribution in [0, 0.1) is 0 Å². The van der Waals surface area contributed by atoms with Crippen LogP contribution in [0.4, 0.5) is 0 Å². The van der Waals surface area contributed by atoms with Crippen molar-refractivity contribution in [3.05, 3.63) is 59.7 Å². The zero-order valence-corrected chi connectivity index (χ0v) is 15.7. The highest BCUT2D eigenvalue weighted by Gasteiger charge is 2.42. The Morgan fingerprint density at radius 2 is 1.96 bits per heavy atom. The summed E-state index contributed by atoms with van der Waals surface area (Å²) in [5, 5.41) is 21.1. The molecule has 2 atom stereocenters. The Hall–Kier alpha value is -2.08. The lowest BCUT2D eigenvalue weighted by Gasteiger charge is -2.46. The standard InChI is InChI=1S/C22H27NO4/c1-26-17-6-4-5-16(13-17)20(25)15-23-11-9-22(10-12-23)14-19(24)18-7-2-3-8-21(18)27-22/h2-8,13,19-20,24-25H,9-12,14-15H2,1H3/t19-,20+/m1/s1. The summed E-state index contributed by atoms with van der Waals surface area (Å²) in [7, 11) is 1.63. The number of rotatable bonds is 4. The summed E-state index contributed by atoms with van der Waals surface area (Å²) < 4.78 is 11.6. The van der Waals surface area contributed by atoms with Crippen molar-refractivity contribution in [2.24, 2.45) is 0 Å². The second kappa shape index (κ2) is 7.50. The first-order valence-electron chi connectivity index (χ1n) is 9.59. The van der Waals surface area contributed by atoms with Crippen LogP contribution in [0.25, 0.3) is 0 Å². The molecule has 0 amide bonds. The van der Waals surface area contributed by atoms with Gasteiger partial charge in [-0.1, -0.05) is 30.3 Å². The molecule has 27 heavy (non-hydrogen) atoms. The van der Waals surface area contributed by atoms with E-state index in [1.807, 2.05) is 48.5 Å². The van der Waals surface area contributed by atoms with Gasteiger partial charge < -0.3 is 24.6 Å². The number of para-hydroxylation sites is 1. The van der Waals surface area contributed by atoms with Gasteiger partial charge in [-0.25, -0.2) is 0 Å². The van der Waals surface area contributed by atoms with Gasteiger partial charge in [0.15, 0.2) is 0 Å². The lowest BCUT2D eigenvalue weighted by molar-refractivity contribution is -0.0587. The molecule has 0 aromatic heterocycles. The van der Waals surface area contributed by atoms with Crippen LogP contribution in [-0.2, 0) is 0 Å². The Kier molecular flexibility index (Phi) is 5.08. The van der Waals surface area contributed by atoms with Crippen LogP contribution in [0.15, 0.2) is 48.5 Å². The summed E-state index contributed by atoms with van der Waals surface area (Å²) >= 11 is 0. The van der Waals surface area contributed by atoms with Gasteiger partial charge in [0.25, 0.3) is 0 Å². The SMILES string of the molecule is COc1cccc([C@@H](O)CN2CCC3(CC2)C[C@@H](O)c2ccccc2O3)c1. The quantitative estimate of drug-likeness (QED) is 0.867. The Morgan fingerprint density at radius 1 is 1.19 bits per heavy atom. The van der Waals surface area contributed by atoms with Crippen LogP contribution in [-0.4, -0.2) is 47.5 Å². The number of hydrogen-bond donors (Lipinski definition) is 2. The fourth-order valence-electron chi connectivity index (χ4n) is 4.23. The lowest BCUT2D eigenvalue weighted by atomic mass is 9.81. The van der Waals surface area contributed by atoms with Gasteiger partial charge in [0.05, 0.1) is 19.3 Å². The first-order chi connectivity index (χ1) is 13.1. The van der Waals surface area contributed by atoms with Gasteiger partial charge in [0.1, 0.15) is 17.1 Å². The Bertz CT molecular complexity index is 785. The molecule has 0 unspecified atom stereocenters. The second-order valence-corrected chi connectivity index (χ2v) is 7.64. The summed E-state index contributed by atoms with van der Waals surface area (Å²) in [6.45, 7) is 2.27. The summed E-state index contributed by atoms with van der Waals surface area (Å²) in [6, 6.07) is 15.4. The maximum atomic E-state index is 10.6. The average Bonchev–Trinajstić information content (AvgIpc) is 2.70. The largest absolute Gasteiger partial charge is 0.497 e. The molecular weight excluding hydrogens is 342 g/mol. The van der Waals surface area contributed by atoms with Crippen LogP contribution in [0.1, 0.15) is 42.6 Å². The van der Waals surface area contributed by atoms with Crippen molar-refractivity contribution in [3.63, 3.8) is 0 Å². The van der Waals surface area contributed by atoms with Crippen molar-refractivity contribution >= 4 is 0 Å². The molecule has 5 nitrogen and oxygen atoms in total. The van der Waals surface area contributed by atoms with E-state index >= 15 is 0 Å². The van der Waals surface area contributed by atoms with E-state index in [1.165, 1.54) is 0 Å². The highest BCUT2D eigenvalue weighted by Crippen LogP contribution is 2.44. The molecule has 2 aliphatic rings. The van der Waals surface area contributed by atoms with E-state index < -0.39 is 12.2 Å². The van der Waals surface area contributed by atoms with Gasteiger partial charge in [0, 0.05) is 31.6 Å². The number of methoxy groups -OCH3 is 1. The minimum atomic E-state index is -0.548. The van der Waals surface area contributed by atoms with E-state index in [1.54, 1.807) is 7.11 Å². The number of likely N-dealkylation sites (tertiary alicyclic amines) is 1. The molecule has 1 spiro atoms. The first kappa shape index (κ1) is 18.3. The van der Waals surface area contributed by atoms with Crippen LogP contribution < -0.4 is 9.47 Å². The summed E-state index contributed by atoms with van der Waals surface area (Å²) in [4.78, 5) is 2.27. The zero-order chi connectivity index (χ0) is 18.9. The molecule has 0 radical (unpaired) electrons. The molecule has 0 aliphatic carbocycles. The molecular formula is C22H27NO4. The minimum Gasteiger partial charge on any atom is -0.497 e. The lowest BCUT2D eigenvalue weighted by Crippen LogP contribution is -2.51. The number of piperidine rings is 1. The number of benzene rings is 2. The monoisotopic (exact) mass is 369 g/mol. The van der Waals surface area contributed by atoms with Crippen molar-refractivity contribution in [1.29, 1.82) is 0 Å². The summed E-state index contributed by atoms with van der Waals surface area (Å²) in [5.41, 5.74) is 1.46. The van der Waals surface area contributed by atoms with Crippen molar-refractivity contribution in [1.82, 2.24) is 4.90 Å². The van der Waals surface area contributed by atoms with Crippen LogP contribution in [0.5, 0.6) is 11.5 Å². The molecule has 5 heteroatoms. The number of aliphatic hydroxyl groups is 2. The van der Waals surface area contributed by atoms with E-state index in [9.17, 15) is 10.2 Å². The molecule has 2 N–H and O–H groups in total. The van der Waals surface area contributed by atoms with Gasteiger partial charge >= 0.3 is 0 Å². The minimum absolute atomic E-state index is 0.300. The molecule has 0 saturated carbocycles. The molecule has 2 aromatic rings. The maximum Gasteiger partial charge on any atom is 0.125 e. The Balaban J connectivity index is 1.38. The fraction of sp³-hybridized carbons (Fsp3) is 0.455. The highest BCUT2D eigenvalue weighted by molar-refractivity contribution is 5.38. The molecule has 2 aliphatic heterocycles. The molecule has 4 rings (SSSR count). The van der Waals surface area contributed by atoms with Crippen molar-refractivity contribution in [2.75, 3.05) is 26.7 Å². The molecule has 2 aromatic carbocycles. The van der Waals surface area contributed by atoms with Crippen molar-refractivity contribution < 1.29 is 19.7 Å². The van der Waals surface area contributed by atoms with E-state index in [2.05, 4.69) is 4.90 Å². The third-order valence-corrected chi connectivity index (χ3v) is 5.85. The van der Waals surface area contributed by atoms with Gasteiger partial charge in [-0.15, -0.1) is 0 Å². The highest BCUT2D eigenvalue weighted by atomic mass is 16.5. The number of hydrogen-bond acceptors (Lipinski definition) is 5. The Morgan fingerprint density at radius 3 is 2.74 bits per heavy atom. The number of nitrogens with zero attached hydrogens (tertiary/aromatic N) is 1. The normalized spacial score (nSPS) is 22.7. The first-order valence-corrected chi connectivity index (χ1v) is 9.59. The zero-order valence-electron chi connectivity index (χ0n) is 15.7. The maximum absolute atomic E-state index is 10.6. The molecule has 1 fully saturated rings. The summed E-state index contributed by atoms with van der Waals surface area (Å²) in [5.74, 6) is 1.56. The van der Waals surface area contributed by atoms with Gasteiger partial charge in [-0.05, 0) is 36.6 Å². The van der Waals surface area contributed by atoms with Gasteiger partial charge in [-0.2, -0.15) is 0 Å². The fourth-order valence-corrected chi connectivity index (χ4v) is 4.23. The number of aliphatic hydroxyl groups excluding tert-OH is 2. The third-order valence-electron chi connectivity index (χ3n) is 5.85. The predicted octanol–water partition coefficient (Wildman–Crippen LogP) is 3.08. The molecule has 1 saturated heterocycles. The predicted molar refractivity (Wildman–Crippen MR) is 103 cm³/mol. The van der Waals surface area contributed by atoms with E-state index in [0.717, 1.165) is 48.6 Å². The topological polar surface area (TPSA) is 62.2 Å². The summed E-state index contributed by atoms with van der Waals surface area (Å²) in [6.07, 6.45) is 1.32. The van der Waals surface area contributed by atoms with E-state index in [4.69, 9.17) is 9.47 Å². The van der Waals surface area contributed by atoms with Crippen molar-refractivity contribution in [3.8, 4) is 11.5 Å². The third kappa shape index (κ3) is 3.81. The van der Waals surface area contributed by atoms with Gasteiger partial charge in [0.2, 0.25) is 0 Å². The van der Waals surface area contributed by atoms with Crippen molar-refractivity contribution in [2.45, 2.75) is 37.1 Å². The molecule has 144 valence electrons. The van der Waals surface area contributed by atoms with E-state index in [-0.39, 0.29) is 5.60 Å². The number of fused-ring (bicyclic) bond motifs is 1. The van der Waals surface area contributed by atoms with E-state index in [0.29, 0.717) is 13.0 Å².